The van der Waals surface area contributed by atoms with Gasteiger partial charge in [-0.2, -0.15) is 0 Å². The van der Waals surface area contributed by atoms with Crippen LogP contribution in [0, 0.1) is 0 Å². The van der Waals surface area contributed by atoms with Gasteiger partial charge >= 0.3 is 0 Å². The van der Waals surface area contributed by atoms with Crippen molar-refractivity contribution in [2.75, 3.05) is 18.4 Å². The average molecular weight is 377 g/mol. The molecule has 1 aliphatic carbocycles. The maximum Gasteiger partial charge on any atom is 0.225 e. The molecule has 2 aliphatic rings. The van der Waals surface area contributed by atoms with Crippen LogP contribution >= 0.6 is 0 Å². The summed E-state index contributed by atoms with van der Waals surface area (Å²) in [4.78, 5) is 16.8. The highest BCUT2D eigenvalue weighted by Gasteiger charge is 2.24. The molecule has 5 nitrogen and oxygen atoms in total. The molecular formula is C23H28N4O. The Kier molecular flexibility index (Phi) is 5.60. The molecule has 0 fully saturated rings. The first-order chi connectivity index (χ1) is 13.7. The molecule has 146 valence electrons. The lowest BCUT2D eigenvalue weighted by Gasteiger charge is -2.26. The van der Waals surface area contributed by atoms with Crippen LogP contribution in [-0.2, 0) is 24.2 Å². The number of hydrogen-bond acceptors (Lipinski definition) is 2. The number of aliphatic imine (C=N–C) groups is 1. The topological polar surface area (TPSA) is 65.5 Å². The minimum Gasteiger partial charge on any atom is -0.357 e. The second kappa shape index (κ2) is 8.46. The van der Waals surface area contributed by atoms with Gasteiger partial charge in [-0.3, -0.25) is 4.79 Å². The van der Waals surface area contributed by atoms with Crippen molar-refractivity contribution >= 4 is 17.6 Å². The fourth-order valence-corrected chi connectivity index (χ4v) is 4.14. The highest BCUT2D eigenvalue weighted by atomic mass is 16.1. The van der Waals surface area contributed by atoms with Gasteiger partial charge in [0.15, 0.2) is 5.96 Å². The minimum absolute atomic E-state index is 0.0746. The summed E-state index contributed by atoms with van der Waals surface area (Å²) in [5, 5.41) is 9.71. The van der Waals surface area contributed by atoms with Crippen molar-refractivity contribution in [3.63, 3.8) is 0 Å². The van der Waals surface area contributed by atoms with E-state index in [0.717, 1.165) is 18.2 Å². The number of guanidine groups is 1. The largest absolute Gasteiger partial charge is 0.357 e. The second-order valence-electron chi connectivity index (χ2n) is 7.57. The van der Waals surface area contributed by atoms with Crippen LogP contribution in [0.3, 0.4) is 0 Å². The molecule has 0 spiro atoms. The first kappa shape index (κ1) is 18.5. The number of rotatable bonds is 5. The van der Waals surface area contributed by atoms with Gasteiger partial charge < -0.3 is 16.0 Å². The summed E-state index contributed by atoms with van der Waals surface area (Å²) in [7, 11) is 0. The molecule has 28 heavy (non-hydrogen) atoms. The van der Waals surface area contributed by atoms with Crippen LogP contribution in [0.1, 0.15) is 47.9 Å². The molecule has 4 rings (SSSR count). The van der Waals surface area contributed by atoms with E-state index >= 15 is 0 Å². The number of nitrogens with zero attached hydrogens (tertiary/aromatic N) is 1. The summed E-state index contributed by atoms with van der Waals surface area (Å²) < 4.78 is 0. The minimum atomic E-state index is 0.0746. The molecule has 0 saturated carbocycles. The molecular weight excluding hydrogens is 348 g/mol. The number of benzene rings is 2. The van der Waals surface area contributed by atoms with Gasteiger partial charge in [-0.15, -0.1) is 0 Å². The number of aryl methyl sites for hydroxylation is 2. The molecule has 1 aliphatic heterocycles. The van der Waals surface area contributed by atoms with Crippen molar-refractivity contribution < 1.29 is 4.79 Å². The van der Waals surface area contributed by atoms with E-state index in [1.165, 1.54) is 41.5 Å². The lowest BCUT2D eigenvalue weighted by molar-refractivity contribution is -0.116. The standard InChI is InChI=1S/C23H28N4O/c1-2-24-23(25-14-16-10-11-17-6-5-7-18(17)12-16)26-15-19-13-22(28)27-21-9-4-3-8-20(19)21/h3-4,8-12,19H,2,5-7,13-15H2,1H3,(H,27,28)(H2,24,25,26). The lowest BCUT2D eigenvalue weighted by Crippen LogP contribution is -2.40. The number of fused-ring (bicyclic) bond motifs is 2. The maximum absolute atomic E-state index is 12.0. The SMILES string of the molecule is CCNC(=NCc1ccc2c(c1)CCC2)NCC1CC(=O)Nc2ccccc21. The Morgan fingerprint density at radius 1 is 1.14 bits per heavy atom. The van der Waals surface area contributed by atoms with Gasteiger partial charge in [-0.25, -0.2) is 4.99 Å². The van der Waals surface area contributed by atoms with Crippen LogP contribution < -0.4 is 16.0 Å². The lowest BCUT2D eigenvalue weighted by atomic mass is 9.90. The maximum atomic E-state index is 12.0. The Bertz CT molecular complexity index is 890. The number of nitrogens with one attached hydrogen (secondary N) is 3. The number of amides is 1. The Morgan fingerprint density at radius 3 is 2.89 bits per heavy atom. The quantitative estimate of drug-likeness (QED) is 0.554. The number of carbonyl (C=O) groups excluding carboxylic acids is 1. The average Bonchev–Trinajstić information content (AvgIpc) is 3.17. The molecule has 0 saturated heterocycles. The number of carbonyl (C=O) groups is 1. The van der Waals surface area contributed by atoms with E-state index < -0.39 is 0 Å². The van der Waals surface area contributed by atoms with E-state index in [2.05, 4.69) is 47.1 Å². The molecule has 0 aromatic heterocycles. The Hall–Kier alpha value is -2.82. The van der Waals surface area contributed by atoms with E-state index in [-0.39, 0.29) is 11.8 Å². The van der Waals surface area contributed by atoms with Crippen molar-refractivity contribution in [3.8, 4) is 0 Å². The van der Waals surface area contributed by atoms with Gasteiger partial charge in [0.25, 0.3) is 0 Å². The Balaban J connectivity index is 1.42. The van der Waals surface area contributed by atoms with Crippen molar-refractivity contribution in [2.24, 2.45) is 4.99 Å². The van der Waals surface area contributed by atoms with Gasteiger partial charge in [-0.1, -0.05) is 36.4 Å². The van der Waals surface area contributed by atoms with Gasteiger partial charge in [0, 0.05) is 31.1 Å². The molecule has 0 radical (unpaired) electrons. The third-order valence-electron chi connectivity index (χ3n) is 5.55. The molecule has 0 bridgehead atoms. The molecule has 2 aromatic carbocycles. The molecule has 1 atom stereocenters. The predicted molar refractivity (Wildman–Crippen MR) is 114 cm³/mol. The van der Waals surface area contributed by atoms with Crippen LogP contribution in [-0.4, -0.2) is 25.0 Å². The highest BCUT2D eigenvalue weighted by Crippen LogP contribution is 2.31. The van der Waals surface area contributed by atoms with Crippen LogP contribution in [0.4, 0.5) is 5.69 Å². The number of anilines is 1. The first-order valence-corrected chi connectivity index (χ1v) is 10.2. The second-order valence-corrected chi connectivity index (χ2v) is 7.57. The van der Waals surface area contributed by atoms with E-state index in [4.69, 9.17) is 4.99 Å². The van der Waals surface area contributed by atoms with Crippen molar-refractivity contribution in [1.82, 2.24) is 10.6 Å². The normalized spacial score (nSPS) is 18.2. The zero-order chi connectivity index (χ0) is 19.3. The third-order valence-corrected chi connectivity index (χ3v) is 5.55. The summed E-state index contributed by atoms with van der Waals surface area (Å²) in [5.74, 6) is 1.02. The predicted octanol–water partition coefficient (Wildman–Crippen LogP) is 3.36. The van der Waals surface area contributed by atoms with Crippen LogP contribution in [0.2, 0.25) is 0 Å². The zero-order valence-electron chi connectivity index (χ0n) is 16.4. The monoisotopic (exact) mass is 376 g/mol. The van der Waals surface area contributed by atoms with E-state index in [1.54, 1.807) is 0 Å². The van der Waals surface area contributed by atoms with E-state index in [1.807, 2.05) is 18.2 Å². The van der Waals surface area contributed by atoms with Gasteiger partial charge in [-0.05, 0) is 54.5 Å². The Morgan fingerprint density at radius 2 is 2.00 bits per heavy atom. The van der Waals surface area contributed by atoms with Crippen LogP contribution in [0.25, 0.3) is 0 Å². The molecule has 1 amide bonds. The molecule has 2 aromatic rings. The fraction of sp³-hybridized carbons (Fsp3) is 0.391. The number of hydrogen-bond donors (Lipinski definition) is 3. The number of para-hydroxylation sites is 1. The van der Waals surface area contributed by atoms with Gasteiger partial charge in [0.05, 0.1) is 6.54 Å². The zero-order valence-corrected chi connectivity index (χ0v) is 16.4. The summed E-state index contributed by atoms with van der Waals surface area (Å²) in [5.41, 5.74) is 6.33. The summed E-state index contributed by atoms with van der Waals surface area (Å²) >= 11 is 0. The highest BCUT2D eigenvalue weighted by molar-refractivity contribution is 5.94. The molecule has 5 heteroatoms. The third kappa shape index (κ3) is 4.19. The van der Waals surface area contributed by atoms with Gasteiger partial charge in [0.2, 0.25) is 5.91 Å². The molecule has 1 heterocycles. The van der Waals surface area contributed by atoms with Crippen molar-refractivity contribution in [3.05, 3.63) is 64.7 Å². The molecule has 3 N–H and O–H groups in total. The molecule has 1 unspecified atom stereocenters. The van der Waals surface area contributed by atoms with E-state index in [0.29, 0.717) is 19.5 Å². The fourth-order valence-electron chi connectivity index (χ4n) is 4.14. The smallest absolute Gasteiger partial charge is 0.225 e. The first-order valence-electron chi connectivity index (χ1n) is 10.2. The van der Waals surface area contributed by atoms with Gasteiger partial charge in [0.1, 0.15) is 0 Å². The van der Waals surface area contributed by atoms with Crippen molar-refractivity contribution in [2.45, 2.75) is 45.1 Å². The van der Waals surface area contributed by atoms with Crippen molar-refractivity contribution in [1.29, 1.82) is 0 Å². The van der Waals surface area contributed by atoms with Crippen LogP contribution in [0.5, 0.6) is 0 Å². The van der Waals surface area contributed by atoms with Crippen LogP contribution in [0.15, 0.2) is 47.5 Å². The van der Waals surface area contributed by atoms with E-state index in [9.17, 15) is 4.79 Å². The summed E-state index contributed by atoms with van der Waals surface area (Å²) in [6, 6.07) is 14.8. The Labute approximate surface area is 166 Å². The summed E-state index contributed by atoms with van der Waals surface area (Å²) in [6.45, 7) is 4.21. The summed E-state index contributed by atoms with van der Waals surface area (Å²) in [6.07, 6.45) is 4.16.